The maximum absolute atomic E-state index is 4.65. The molecule has 4 heteroatoms. The number of rotatable bonds is 4. The van der Waals surface area contributed by atoms with Gasteiger partial charge in [0.1, 0.15) is 0 Å². The van der Waals surface area contributed by atoms with Crippen molar-refractivity contribution < 1.29 is 0 Å². The average molecular weight is 316 g/mol. The smallest absolute Gasteiger partial charge is 0.157 e. The molecule has 1 aliphatic heterocycles. The van der Waals surface area contributed by atoms with Gasteiger partial charge >= 0.3 is 0 Å². The third-order valence-electron chi connectivity index (χ3n) is 3.50. The molecule has 2 aromatic rings. The minimum Gasteiger partial charge on any atom is -0.362 e. The van der Waals surface area contributed by atoms with E-state index in [0.717, 1.165) is 18.1 Å². The third-order valence-corrected chi connectivity index (χ3v) is 5.70. The molecular weight excluding hydrogens is 296 g/mol. The molecule has 0 bridgehead atoms. The van der Waals surface area contributed by atoms with Gasteiger partial charge < -0.3 is 5.32 Å². The van der Waals surface area contributed by atoms with E-state index in [1.54, 1.807) is 0 Å². The molecule has 1 aliphatic rings. The molecule has 110 valence electrons. The van der Waals surface area contributed by atoms with Crippen molar-refractivity contribution in [3.63, 3.8) is 0 Å². The van der Waals surface area contributed by atoms with Crippen LogP contribution in [0.3, 0.4) is 0 Å². The van der Waals surface area contributed by atoms with Crippen LogP contribution < -0.4 is 5.32 Å². The first kappa shape index (κ1) is 14.7. The lowest BCUT2D eigenvalue weighted by Gasteiger charge is -2.14. The Labute approximate surface area is 134 Å². The van der Waals surface area contributed by atoms with Crippen molar-refractivity contribution >= 4 is 28.3 Å². The molecule has 0 aliphatic carbocycles. The molecule has 21 heavy (non-hydrogen) atoms. The summed E-state index contributed by atoms with van der Waals surface area (Å²) in [6, 6.07) is 15.5. The van der Waals surface area contributed by atoms with Crippen molar-refractivity contribution in [3.05, 3.63) is 57.8 Å². The summed E-state index contributed by atoms with van der Waals surface area (Å²) in [6.07, 6.45) is 1.06. The molecular formula is C17H20N2S2. The molecule has 2 heterocycles. The number of nitrogens with one attached hydrogen (secondary N) is 1. The van der Waals surface area contributed by atoms with Crippen molar-refractivity contribution in [1.82, 2.24) is 5.32 Å². The van der Waals surface area contributed by atoms with Crippen LogP contribution in [0.25, 0.3) is 0 Å². The summed E-state index contributed by atoms with van der Waals surface area (Å²) in [5, 5.41) is 5.11. The predicted molar refractivity (Wildman–Crippen MR) is 94.4 cm³/mol. The number of thiophene rings is 1. The van der Waals surface area contributed by atoms with Gasteiger partial charge in [0, 0.05) is 22.2 Å². The standard InChI is InChI=1S/C17H20N2S2/c1-12(10-15-9-8-13(2)20-15)19-17-18-11-16(21-17)14-6-4-3-5-7-14/h3-9,12,16H,10-11H2,1-2H3,(H,18,19). The maximum atomic E-state index is 4.65. The van der Waals surface area contributed by atoms with Gasteiger partial charge in [-0.25, -0.2) is 0 Å². The number of aryl methyl sites for hydroxylation is 1. The maximum Gasteiger partial charge on any atom is 0.157 e. The first-order valence-corrected chi connectivity index (χ1v) is 8.98. The summed E-state index contributed by atoms with van der Waals surface area (Å²) >= 11 is 3.73. The number of nitrogens with zero attached hydrogens (tertiary/aromatic N) is 1. The van der Waals surface area contributed by atoms with E-state index in [4.69, 9.17) is 0 Å². The fourth-order valence-corrected chi connectivity index (χ4v) is 4.60. The summed E-state index contributed by atoms with van der Waals surface area (Å²) in [6.45, 7) is 5.27. The third kappa shape index (κ3) is 3.89. The zero-order valence-corrected chi connectivity index (χ0v) is 14.0. The second kappa shape index (κ2) is 6.67. The summed E-state index contributed by atoms with van der Waals surface area (Å²) in [4.78, 5) is 7.48. The van der Waals surface area contributed by atoms with Crippen molar-refractivity contribution in [3.8, 4) is 0 Å². The first-order chi connectivity index (χ1) is 10.2. The zero-order chi connectivity index (χ0) is 14.7. The summed E-state index contributed by atoms with van der Waals surface area (Å²) < 4.78 is 0. The van der Waals surface area contributed by atoms with E-state index in [-0.39, 0.29) is 0 Å². The molecule has 3 rings (SSSR count). The SMILES string of the molecule is Cc1ccc(CC(C)NC2=NCC(c3ccccc3)S2)s1. The molecule has 0 radical (unpaired) electrons. The molecule has 1 aromatic carbocycles. The highest BCUT2D eigenvalue weighted by Crippen LogP contribution is 2.34. The first-order valence-electron chi connectivity index (χ1n) is 7.28. The number of aliphatic imine (C=N–C) groups is 1. The number of hydrogen-bond donors (Lipinski definition) is 1. The summed E-state index contributed by atoms with van der Waals surface area (Å²) in [5.41, 5.74) is 1.37. The van der Waals surface area contributed by atoms with E-state index in [1.165, 1.54) is 15.3 Å². The molecule has 0 spiro atoms. The zero-order valence-electron chi connectivity index (χ0n) is 12.4. The number of benzene rings is 1. The van der Waals surface area contributed by atoms with Crippen LogP contribution in [0.4, 0.5) is 0 Å². The van der Waals surface area contributed by atoms with E-state index in [9.17, 15) is 0 Å². The summed E-state index contributed by atoms with van der Waals surface area (Å²) in [5.74, 6) is 0. The largest absolute Gasteiger partial charge is 0.362 e. The Morgan fingerprint density at radius 3 is 2.76 bits per heavy atom. The minimum absolute atomic E-state index is 0.420. The topological polar surface area (TPSA) is 24.4 Å². The van der Waals surface area contributed by atoms with E-state index < -0.39 is 0 Å². The second-order valence-corrected chi connectivity index (χ2v) is 7.99. The highest BCUT2D eigenvalue weighted by Gasteiger charge is 2.22. The Hall–Kier alpha value is -1.26. The van der Waals surface area contributed by atoms with Crippen LogP contribution in [-0.4, -0.2) is 17.8 Å². The lowest BCUT2D eigenvalue weighted by atomic mass is 10.1. The van der Waals surface area contributed by atoms with Crippen LogP contribution in [0, 0.1) is 6.92 Å². The van der Waals surface area contributed by atoms with Gasteiger partial charge in [-0.2, -0.15) is 0 Å². The van der Waals surface area contributed by atoms with Gasteiger partial charge in [-0.05, 0) is 31.5 Å². The Kier molecular flexibility index (Phi) is 4.66. The van der Waals surface area contributed by atoms with Crippen molar-refractivity contribution in [2.24, 2.45) is 4.99 Å². The van der Waals surface area contributed by atoms with Crippen molar-refractivity contribution in [1.29, 1.82) is 0 Å². The number of amidine groups is 1. The van der Waals surface area contributed by atoms with Crippen molar-refractivity contribution in [2.45, 2.75) is 31.6 Å². The fourth-order valence-electron chi connectivity index (χ4n) is 2.45. The summed E-state index contributed by atoms with van der Waals surface area (Å²) in [7, 11) is 0. The van der Waals surface area contributed by atoms with Crippen LogP contribution in [0.5, 0.6) is 0 Å². The van der Waals surface area contributed by atoms with Crippen molar-refractivity contribution in [2.75, 3.05) is 6.54 Å². The Balaban J connectivity index is 1.52. The number of hydrogen-bond acceptors (Lipinski definition) is 4. The minimum atomic E-state index is 0.420. The number of thioether (sulfide) groups is 1. The molecule has 2 unspecified atom stereocenters. The molecule has 0 fully saturated rings. The quantitative estimate of drug-likeness (QED) is 0.903. The van der Waals surface area contributed by atoms with Gasteiger partial charge in [0.15, 0.2) is 5.17 Å². The lowest BCUT2D eigenvalue weighted by molar-refractivity contribution is 0.671. The van der Waals surface area contributed by atoms with Gasteiger partial charge in [-0.1, -0.05) is 42.1 Å². The molecule has 0 amide bonds. The van der Waals surface area contributed by atoms with Gasteiger partial charge in [-0.3, -0.25) is 4.99 Å². The monoisotopic (exact) mass is 316 g/mol. The Bertz CT molecular complexity index is 619. The van der Waals surface area contributed by atoms with Gasteiger partial charge in [0.2, 0.25) is 0 Å². The molecule has 0 saturated heterocycles. The normalized spacial score (nSPS) is 19.3. The van der Waals surface area contributed by atoms with Gasteiger partial charge in [0.05, 0.1) is 11.8 Å². The molecule has 1 aromatic heterocycles. The van der Waals surface area contributed by atoms with Gasteiger partial charge in [0.25, 0.3) is 0 Å². The predicted octanol–water partition coefficient (Wildman–Crippen LogP) is 4.42. The highest BCUT2D eigenvalue weighted by molar-refractivity contribution is 8.14. The van der Waals surface area contributed by atoms with Crippen LogP contribution in [0.15, 0.2) is 47.5 Å². The van der Waals surface area contributed by atoms with Crippen LogP contribution in [0.2, 0.25) is 0 Å². The molecule has 2 nitrogen and oxygen atoms in total. The highest BCUT2D eigenvalue weighted by atomic mass is 32.2. The fraction of sp³-hybridized carbons (Fsp3) is 0.353. The molecule has 1 N–H and O–H groups in total. The second-order valence-electron chi connectivity index (χ2n) is 5.42. The van der Waals surface area contributed by atoms with Crippen LogP contribution >= 0.6 is 23.1 Å². The van der Waals surface area contributed by atoms with E-state index in [2.05, 4.69) is 66.6 Å². The van der Waals surface area contributed by atoms with Crippen LogP contribution in [0.1, 0.15) is 27.5 Å². The molecule has 0 saturated carbocycles. The van der Waals surface area contributed by atoms with E-state index in [0.29, 0.717) is 11.3 Å². The Morgan fingerprint density at radius 1 is 1.24 bits per heavy atom. The lowest BCUT2D eigenvalue weighted by Crippen LogP contribution is -2.31. The van der Waals surface area contributed by atoms with E-state index in [1.807, 2.05) is 23.1 Å². The average Bonchev–Trinajstić information content (AvgIpc) is 3.09. The van der Waals surface area contributed by atoms with Gasteiger partial charge in [-0.15, -0.1) is 11.3 Å². The van der Waals surface area contributed by atoms with Crippen LogP contribution in [-0.2, 0) is 6.42 Å². The Morgan fingerprint density at radius 2 is 2.05 bits per heavy atom. The van der Waals surface area contributed by atoms with E-state index >= 15 is 0 Å². The molecule has 2 atom stereocenters.